The summed E-state index contributed by atoms with van der Waals surface area (Å²) in [5.41, 5.74) is 0.868. The van der Waals surface area contributed by atoms with Gasteiger partial charge >= 0.3 is 0 Å². The molecule has 0 bridgehead atoms. The number of benzene rings is 1. The van der Waals surface area contributed by atoms with Crippen LogP contribution in [0.5, 0.6) is 11.5 Å². The van der Waals surface area contributed by atoms with Crippen LogP contribution in [0.1, 0.15) is 26.2 Å². The van der Waals surface area contributed by atoms with Crippen molar-refractivity contribution in [3.63, 3.8) is 0 Å². The van der Waals surface area contributed by atoms with Gasteiger partial charge in [-0.1, -0.05) is 0 Å². The number of ether oxygens (including phenoxy) is 2. The standard InChI is InChI=1S/C15H20N2O3/c1-10(15(18)17-11-3-4-11)16-12-5-6-13-14(9-12)20-8-2-7-19-13/h5-6,9-11,16H,2-4,7-8H2,1H3,(H,17,18). The molecule has 1 atom stereocenters. The molecule has 1 aliphatic heterocycles. The van der Waals surface area contributed by atoms with E-state index in [4.69, 9.17) is 9.47 Å². The first-order valence-corrected chi connectivity index (χ1v) is 7.19. The normalized spacial score (nSPS) is 18.9. The van der Waals surface area contributed by atoms with Gasteiger partial charge in [-0.05, 0) is 31.9 Å². The SMILES string of the molecule is CC(Nc1ccc2c(c1)OCCCO2)C(=O)NC1CC1. The van der Waals surface area contributed by atoms with Gasteiger partial charge in [0, 0.05) is 24.2 Å². The number of carbonyl (C=O) groups excluding carboxylic acids is 1. The van der Waals surface area contributed by atoms with Gasteiger partial charge in [0.25, 0.3) is 0 Å². The molecule has 2 aliphatic rings. The summed E-state index contributed by atoms with van der Waals surface area (Å²) in [6, 6.07) is 5.81. The fraction of sp³-hybridized carbons (Fsp3) is 0.533. The topological polar surface area (TPSA) is 59.6 Å². The van der Waals surface area contributed by atoms with E-state index in [2.05, 4.69) is 10.6 Å². The van der Waals surface area contributed by atoms with E-state index in [9.17, 15) is 4.79 Å². The van der Waals surface area contributed by atoms with Crippen molar-refractivity contribution in [2.75, 3.05) is 18.5 Å². The summed E-state index contributed by atoms with van der Waals surface area (Å²) in [6.07, 6.45) is 3.09. The smallest absolute Gasteiger partial charge is 0.242 e. The van der Waals surface area contributed by atoms with Crippen molar-refractivity contribution in [1.29, 1.82) is 0 Å². The second kappa shape index (κ2) is 5.61. The lowest BCUT2D eigenvalue weighted by Crippen LogP contribution is -2.38. The van der Waals surface area contributed by atoms with Crippen molar-refractivity contribution in [2.24, 2.45) is 0 Å². The van der Waals surface area contributed by atoms with Crippen LogP contribution in [0, 0.1) is 0 Å². The number of hydrogen-bond acceptors (Lipinski definition) is 4. The third kappa shape index (κ3) is 3.15. The maximum atomic E-state index is 11.9. The van der Waals surface area contributed by atoms with Crippen LogP contribution in [0.15, 0.2) is 18.2 Å². The zero-order valence-electron chi connectivity index (χ0n) is 11.6. The molecule has 1 amide bonds. The molecule has 5 nitrogen and oxygen atoms in total. The number of amides is 1. The number of rotatable bonds is 4. The molecule has 0 aromatic heterocycles. The highest BCUT2D eigenvalue weighted by Crippen LogP contribution is 2.32. The zero-order valence-corrected chi connectivity index (χ0v) is 11.6. The Balaban J connectivity index is 1.64. The van der Waals surface area contributed by atoms with Crippen molar-refractivity contribution in [2.45, 2.75) is 38.3 Å². The molecule has 0 radical (unpaired) electrons. The van der Waals surface area contributed by atoms with E-state index in [1.165, 1.54) is 0 Å². The van der Waals surface area contributed by atoms with Gasteiger partial charge < -0.3 is 20.1 Å². The van der Waals surface area contributed by atoms with Gasteiger partial charge in [-0.2, -0.15) is 0 Å². The summed E-state index contributed by atoms with van der Waals surface area (Å²) < 4.78 is 11.2. The first-order chi connectivity index (χ1) is 9.72. The average Bonchev–Trinajstić information content (AvgIpc) is 3.24. The molecule has 3 rings (SSSR count). The molecule has 2 N–H and O–H groups in total. The average molecular weight is 276 g/mol. The van der Waals surface area contributed by atoms with Crippen molar-refractivity contribution >= 4 is 11.6 Å². The molecule has 108 valence electrons. The molecule has 1 aromatic rings. The molecule has 1 heterocycles. The Labute approximate surface area is 118 Å². The van der Waals surface area contributed by atoms with E-state index >= 15 is 0 Å². The molecular weight excluding hydrogens is 256 g/mol. The van der Waals surface area contributed by atoms with Gasteiger partial charge in [0.05, 0.1) is 13.2 Å². The first kappa shape index (κ1) is 13.1. The van der Waals surface area contributed by atoms with E-state index < -0.39 is 0 Å². The highest BCUT2D eigenvalue weighted by molar-refractivity contribution is 5.84. The minimum absolute atomic E-state index is 0.0413. The van der Waals surface area contributed by atoms with Crippen molar-refractivity contribution in [3.8, 4) is 11.5 Å². The minimum atomic E-state index is -0.264. The quantitative estimate of drug-likeness (QED) is 0.882. The number of anilines is 1. The Bertz CT molecular complexity index is 500. The van der Waals surface area contributed by atoms with Gasteiger partial charge in [-0.3, -0.25) is 4.79 Å². The lowest BCUT2D eigenvalue weighted by Gasteiger charge is -2.16. The zero-order chi connectivity index (χ0) is 13.9. The minimum Gasteiger partial charge on any atom is -0.490 e. The monoisotopic (exact) mass is 276 g/mol. The third-order valence-electron chi connectivity index (χ3n) is 3.45. The van der Waals surface area contributed by atoms with Gasteiger partial charge in [0.2, 0.25) is 5.91 Å². The maximum absolute atomic E-state index is 11.9. The third-order valence-corrected chi connectivity index (χ3v) is 3.45. The summed E-state index contributed by atoms with van der Waals surface area (Å²) in [5.74, 6) is 1.55. The van der Waals surface area contributed by atoms with Crippen LogP contribution in [0.4, 0.5) is 5.69 Å². The van der Waals surface area contributed by atoms with E-state index in [1.54, 1.807) is 0 Å². The molecule has 5 heteroatoms. The van der Waals surface area contributed by atoms with Crippen LogP contribution in [0.2, 0.25) is 0 Å². The molecule has 1 fully saturated rings. The Morgan fingerprint density at radius 3 is 2.75 bits per heavy atom. The summed E-state index contributed by atoms with van der Waals surface area (Å²) in [7, 11) is 0. The van der Waals surface area contributed by atoms with E-state index in [1.807, 2.05) is 25.1 Å². The first-order valence-electron chi connectivity index (χ1n) is 7.19. The lowest BCUT2D eigenvalue weighted by atomic mass is 10.2. The molecule has 1 aliphatic carbocycles. The van der Waals surface area contributed by atoms with Crippen molar-refractivity contribution in [1.82, 2.24) is 5.32 Å². The number of fused-ring (bicyclic) bond motifs is 1. The Kier molecular flexibility index (Phi) is 3.67. The predicted molar refractivity (Wildman–Crippen MR) is 76.3 cm³/mol. The lowest BCUT2D eigenvalue weighted by molar-refractivity contribution is -0.121. The molecular formula is C15H20N2O3. The van der Waals surface area contributed by atoms with E-state index in [-0.39, 0.29) is 11.9 Å². The second-order valence-corrected chi connectivity index (χ2v) is 5.36. The van der Waals surface area contributed by atoms with Crippen molar-refractivity contribution in [3.05, 3.63) is 18.2 Å². The highest BCUT2D eigenvalue weighted by Gasteiger charge is 2.25. The Morgan fingerprint density at radius 1 is 1.25 bits per heavy atom. The largest absolute Gasteiger partial charge is 0.490 e. The highest BCUT2D eigenvalue weighted by atomic mass is 16.5. The number of hydrogen-bond donors (Lipinski definition) is 2. The molecule has 1 aromatic carbocycles. The fourth-order valence-corrected chi connectivity index (χ4v) is 2.12. The van der Waals surface area contributed by atoms with Gasteiger partial charge in [0.15, 0.2) is 11.5 Å². The van der Waals surface area contributed by atoms with Gasteiger partial charge in [-0.15, -0.1) is 0 Å². The van der Waals surface area contributed by atoms with Crippen LogP contribution in [-0.2, 0) is 4.79 Å². The second-order valence-electron chi connectivity index (χ2n) is 5.36. The summed E-state index contributed by atoms with van der Waals surface area (Å²) >= 11 is 0. The van der Waals surface area contributed by atoms with Crippen LogP contribution in [-0.4, -0.2) is 31.2 Å². The van der Waals surface area contributed by atoms with Crippen LogP contribution < -0.4 is 20.1 Å². The fourth-order valence-electron chi connectivity index (χ4n) is 2.12. The molecule has 0 spiro atoms. The molecule has 0 saturated heterocycles. The summed E-state index contributed by atoms with van der Waals surface area (Å²) in [5, 5.41) is 6.19. The van der Waals surface area contributed by atoms with Crippen LogP contribution in [0.3, 0.4) is 0 Å². The molecule has 1 saturated carbocycles. The van der Waals surface area contributed by atoms with Crippen LogP contribution in [0.25, 0.3) is 0 Å². The number of nitrogens with one attached hydrogen (secondary N) is 2. The molecule has 1 unspecified atom stereocenters. The van der Waals surface area contributed by atoms with Crippen molar-refractivity contribution < 1.29 is 14.3 Å². The van der Waals surface area contributed by atoms with Crippen LogP contribution >= 0.6 is 0 Å². The Morgan fingerprint density at radius 2 is 2.00 bits per heavy atom. The van der Waals surface area contributed by atoms with Gasteiger partial charge in [0.1, 0.15) is 6.04 Å². The Hall–Kier alpha value is -1.91. The van der Waals surface area contributed by atoms with Gasteiger partial charge in [-0.25, -0.2) is 0 Å². The maximum Gasteiger partial charge on any atom is 0.242 e. The number of carbonyl (C=O) groups is 1. The molecule has 20 heavy (non-hydrogen) atoms. The van der Waals surface area contributed by atoms with E-state index in [0.29, 0.717) is 19.3 Å². The van der Waals surface area contributed by atoms with E-state index in [0.717, 1.165) is 36.4 Å². The summed E-state index contributed by atoms with van der Waals surface area (Å²) in [4.78, 5) is 11.9. The summed E-state index contributed by atoms with van der Waals surface area (Å²) in [6.45, 7) is 3.20. The predicted octanol–water partition coefficient (Wildman–Crippen LogP) is 1.93.